The highest BCUT2D eigenvalue weighted by Crippen LogP contribution is 2.15. The second-order valence-corrected chi connectivity index (χ2v) is 3.44. The van der Waals surface area contributed by atoms with Gasteiger partial charge < -0.3 is 4.74 Å². The molecule has 1 rings (SSSR count). The summed E-state index contributed by atoms with van der Waals surface area (Å²) >= 11 is 0. The minimum absolute atomic E-state index is 0.219. The molecule has 1 aromatic heterocycles. The summed E-state index contributed by atoms with van der Waals surface area (Å²) in [6.45, 7) is 3.25. The van der Waals surface area contributed by atoms with Gasteiger partial charge in [-0.1, -0.05) is 0 Å². The van der Waals surface area contributed by atoms with E-state index in [1.165, 1.54) is 13.3 Å². The predicted octanol–water partition coefficient (Wildman–Crippen LogP) is 1.83. The van der Waals surface area contributed by atoms with Gasteiger partial charge in [0.05, 0.1) is 6.20 Å². The van der Waals surface area contributed by atoms with Crippen molar-refractivity contribution in [2.75, 3.05) is 7.11 Å². The van der Waals surface area contributed by atoms with Crippen molar-refractivity contribution < 1.29 is 13.9 Å². The SMILES string of the molecule is COC(C)(C)C(=O)c1cncc(F)c1. The average molecular weight is 197 g/mol. The van der Waals surface area contributed by atoms with Gasteiger partial charge in [-0.05, 0) is 19.9 Å². The van der Waals surface area contributed by atoms with Gasteiger partial charge in [0, 0.05) is 18.9 Å². The van der Waals surface area contributed by atoms with E-state index in [2.05, 4.69) is 4.98 Å². The van der Waals surface area contributed by atoms with Crippen molar-refractivity contribution in [2.45, 2.75) is 19.4 Å². The molecule has 0 bridgehead atoms. The smallest absolute Gasteiger partial charge is 0.195 e. The van der Waals surface area contributed by atoms with E-state index in [1.54, 1.807) is 13.8 Å². The van der Waals surface area contributed by atoms with Crippen molar-refractivity contribution >= 4 is 5.78 Å². The number of carbonyl (C=O) groups excluding carboxylic acids is 1. The van der Waals surface area contributed by atoms with Crippen LogP contribution in [0.5, 0.6) is 0 Å². The minimum atomic E-state index is -0.949. The first-order valence-electron chi connectivity index (χ1n) is 4.18. The maximum Gasteiger partial charge on any atom is 0.195 e. The van der Waals surface area contributed by atoms with E-state index in [0.29, 0.717) is 0 Å². The number of carbonyl (C=O) groups is 1. The Kier molecular flexibility index (Phi) is 2.96. The number of ether oxygens (including phenoxy) is 1. The highest BCUT2D eigenvalue weighted by Gasteiger charge is 2.28. The maximum atomic E-state index is 12.8. The van der Waals surface area contributed by atoms with E-state index in [9.17, 15) is 9.18 Å². The molecule has 4 heteroatoms. The van der Waals surface area contributed by atoms with Gasteiger partial charge in [0.15, 0.2) is 5.78 Å². The zero-order valence-electron chi connectivity index (χ0n) is 8.37. The van der Waals surface area contributed by atoms with E-state index in [1.807, 2.05) is 0 Å². The minimum Gasteiger partial charge on any atom is -0.371 e. The third-order valence-electron chi connectivity index (χ3n) is 2.02. The summed E-state index contributed by atoms with van der Waals surface area (Å²) in [6.07, 6.45) is 2.38. The molecule has 0 saturated carbocycles. The summed E-state index contributed by atoms with van der Waals surface area (Å²) in [5.74, 6) is -0.810. The summed E-state index contributed by atoms with van der Waals surface area (Å²) < 4.78 is 17.8. The van der Waals surface area contributed by atoms with Crippen molar-refractivity contribution in [3.63, 3.8) is 0 Å². The molecule has 0 amide bonds. The molecule has 0 fully saturated rings. The topological polar surface area (TPSA) is 39.2 Å². The Morgan fingerprint density at radius 1 is 1.50 bits per heavy atom. The lowest BCUT2D eigenvalue weighted by molar-refractivity contribution is 0.0227. The van der Waals surface area contributed by atoms with Crippen LogP contribution in [0.3, 0.4) is 0 Å². The van der Waals surface area contributed by atoms with Crippen LogP contribution in [0.4, 0.5) is 4.39 Å². The monoisotopic (exact) mass is 197 g/mol. The molecule has 1 aromatic rings. The summed E-state index contributed by atoms with van der Waals surface area (Å²) in [7, 11) is 1.44. The lowest BCUT2D eigenvalue weighted by atomic mass is 9.98. The van der Waals surface area contributed by atoms with Crippen molar-refractivity contribution in [2.24, 2.45) is 0 Å². The summed E-state index contributed by atoms with van der Waals surface area (Å²) in [6, 6.07) is 1.15. The van der Waals surface area contributed by atoms with Crippen LogP contribution in [0.15, 0.2) is 18.5 Å². The number of rotatable bonds is 3. The zero-order valence-corrected chi connectivity index (χ0v) is 8.37. The van der Waals surface area contributed by atoms with Gasteiger partial charge in [-0.15, -0.1) is 0 Å². The van der Waals surface area contributed by atoms with Crippen LogP contribution in [0.25, 0.3) is 0 Å². The Morgan fingerprint density at radius 3 is 2.64 bits per heavy atom. The fraction of sp³-hybridized carbons (Fsp3) is 0.400. The number of pyridine rings is 1. The number of hydrogen-bond donors (Lipinski definition) is 0. The second-order valence-electron chi connectivity index (χ2n) is 3.44. The molecule has 0 aliphatic heterocycles. The highest BCUT2D eigenvalue weighted by atomic mass is 19.1. The summed E-state index contributed by atoms with van der Waals surface area (Å²) in [4.78, 5) is 15.3. The average Bonchev–Trinajstić information content (AvgIpc) is 2.16. The van der Waals surface area contributed by atoms with Crippen molar-refractivity contribution in [1.82, 2.24) is 4.98 Å². The lowest BCUT2D eigenvalue weighted by Crippen LogP contribution is -2.33. The standard InChI is InChI=1S/C10H12FNO2/c1-10(2,14-3)9(13)7-4-8(11)6-12-5-7/h4-6H,1-3H3. The molecule has 0 spiro atoms. The first-order valence-corrected chi connectivity index (χ1v) is 4.18. The largest absolute Gasteiger partial charge is 0.371 e. The van der Waals surface area contributed by atoms with Crippen LogP contribution in [-0.4, -0.2) is 23.5 Å². The normalized spacial score (nSPS) is 11.4. The first kappa shape index (κ1) is 10.8. The predicted molar refractivity (Wildman–Crippen MR) is 49.6 cm³/mol. The third kappa shape index (κ3) is 2.14. The lowest BCUT2D eigenvalue weighted by Gasteiger charge is -2.20. The Morgan fingerprint density at radius 2 is 2.14 bits per heavy atom. The van der Waals surface area contributed by atoms with E-state index in [0.717, 1.165) is 12.3 Å². The van der Waals surface area contributed by atoms with Gasteiger partial charge >= 0.3 is 0 Å². The molecule has 14 heavy (non-hydrogen) atoms. The van der Waals surface area contributed by atoms with E-state index in [-0.39, 0.29) is 11.3 Å². The Bertz CT molecular complexity index is 350. The molecule has 76 valence electrons. The summed E-state index contributed by atoms with van der Waals surface area (Å²) in [5.41, 5.74) is -0.730. The molecule has 0 aliphatic rings. The molecule has 0 aliphatic carbocycles. The van der Waals surface area contributed by atoms with Crippen molar-refractivity contribution in [3.8, 4) is 0 Å². The summed E-state index contributed by atoms with van der Waals surface area (Å²) in [5, 5.41) is 0. The van der Waals surface area contributed by atoms with Gasteiger partial charge in [0.2, 0.25) is 0 Å². The van der Waals surface area contributed by atoms with E-state index >= 15 is 0 Å². The Balaban J connectivity index is 3.01. The van der Waals surface area contributed by atoms with Gasteiger partial charge in [0.1, 0.15) is 11.4 Å². The number of halogens is 1. The van der Waals surface area contributed by atoms with Crippen LogP contribution in [0.2, 0.25) is 0 Å². The fourth-order valence-corrected chi connectivity index (χ4v) is 0.976. The molecule has 0 aromatic carbocycles. The fourth-order valence-electron chi connectivity index (χ4n) is 0.976. The Labute approximate surface area is 81.9 Å². The van der Waals surface area contributed by atoms with Crippen LogP contribution in [0, 0.1) is 5.82 Å². The number of aromatic nitrogens is 1. The quantitative estimate of drug-likeness (QED) is 0.694. The zero-order chi connectivity index (χ0) is 10.8. The first-order chi connectivity index (χ1) is 6.47. The molecule has 0 saturated heterocycles. The van der Waals surface area contributed by atoms with Crippen LogP contribution < -0.4 is 0 Å². The molecule has 3 nitrogen and oxygen atoms in total. The van der Waals surface area contributed by atoms with E-state index < -0.39 is 11.4 Å². The molecule has 1 heterocycles. The maximum absolute atomic E-state index is 12.8. The van der Waals surface area contributed by atoms with Crippen LogP contribution >= 0.6 is 0 Å². The van der Waals surface area contributed by atoms with Gasteiger partial charge in [-0.2, -0.15) is 0 Å². The van der Waals surface area contributed by atoms with E-state index in [4.69, 9.17) is 4.74 Å². The number of methoxy groups -OCH3 is 1. The molecular weight excluding hydrogens is 185 g/mol. The molecular formula is C10H12FNO2. The third-order valence-corrected chi connectivity index (χ3v) is 2.02. The molecule has 0 radical (unpaired) electrons. The van der Waals surface area contributed by atoms with Gasteiger partial charge in [0.25, 0.3) is 0 Å². The molecule has 0 unspecified atom stereocenters. The highest BCUT2D eigenvalue weighted by molar-refractivity contribution is 6.01. The Hall–Kier alpha value is -1.29. The van der Waals surface area contributed by atoms with Gasteiger partial charge in [-0.25, -0.2) is 4.39 Å². The van der Waals surface area contributed by atoms with Crippen LogP contribution in [-0.2, 0) is 4.74 Å². The van der Waals surface area contributed by atoms with Gasteiger partial charge in [-0.3, -0.25) is 9.78 Å². The number of ketones is 1. The molecule has 0 N–H and O–H groups in total. The number of nitrogens with zero attached hydrogens (tertiary/aromatic N) is 1. The number of Topliss-reactive ketones (excluding diaryl/α,β-unsaturated/α-hetero) is 1. The van der Waals surface area contributed by atoms with Crippen molar-refractivity contribution in [1.29, 1.82) is 0 Å². The molecule has 0 atom stereocenters. The number of hydrogen-bond acceptors (Lipinski definition) is 3. The second kappa shape index (κ2) is 3.84. The van der Waals surface area contributed by atoms with Crippen molar-refractivity contribution in [3.05, 3.63) is 29.8 Å². The van der Waals surface area contributed by atoms with Crippen LogP contribution in [0.1, 0.15) is 24.2 Å².